The number of hydrogen-bond acceptors (Lipinski definition) is 5. The molecule has 1 aromatic carbocycles. The van der Waals surface area contributed by atoms with E-state index >= 15 is 0 Å². The van der Waals surface area contributed by atoms with Crippen molar-refractivity contribution in [3.05, 3.63) is 24.0 Å². The van der Waals surface area contributed by atoms with Gasteiger partial charge in [0.25, 0.3) is 0 Å². The molecule has 1 aromatic rings. The Morgan fingerprint density at radius 2 is 2.04 bits per heavy atom. The quantitative estimate of drug-likeness (QED) is 0.754. The molecule has 24 heavy (non-hydrogen) atoms. The van der Waals surface area contributed by atoms with Crippen LogP contribution in [0.25, 0.3) is 0 Å². The van der Waals surface area contributed by atoms with Crippen LogP contribution in [0.15, 0.2) is 23.1 Å². The summed E-state index contributed by atoms with van der Waals surface area (Å²) in [6, 6.07) is 1.54. The second-order valence-corrected chi connectivity index (χ2v) is 9.16. The van der Waals surface area contributed by atoms with Gasteiger partial charge in [-0.2, -0.15) is 4.31 Å². The van der Waals surface area contributed by atoms with Crippen LogP contribution >= 0.6 is 0 Å². The van der Waals surface area contributed by atoms with Crippen LogP contribution < -0.4 is 4.72 Å². The van der Waals surface area contributed by atoms with Gasteiger partial charge in [-0.1, -0.05) is 0 Å². The fourth-order valence-corrected chi connectivity index (χ4v) is 4.70. The van der Waals surface area contributed by atoms with Gasteiger partial charge in [-0.05, 0) is 38.0 Å². The Labute approximate surface area is 139 Å². The Kier molecular flexibility index (Phi) is 5.16. The lowest BCUT2D eigenvalue weighted by molar-refractivity contribution is -0.140. The number of carboxylic acids is 1. The number of nitrogens with one attached hydrogen (secondary N) is 1. The number of anilines is 1. The number of halogens is 1. The molecule has 1 aliphatic heterocycles. The molecule has 1 fully saturated rings. The molecule has 1 saturated heterocycles. The number of sulfonamides is 2. The number of nitrogens with zero attached hydrogens (tertiary/aromatic N) is 1. The highest BCUT2D eigenvalue weighted by Crippen LogP contribution is 2.28. The third-order valence-corrected chi connectivity index (χ3v) is 6.88. The van der Waals surface area contributed by atoms with Crippen molar-refractivity contribution in [2.45, 2.75) is 30.7 Å². The average Bonchev–Trinajstić information content (AvgIpc) is 2.99. The van der Waals surface area contributed by atoms with Crippen LogP contribution in [0.2, 0.25) is 0 Å². The molecule has 0 amide bonds. The van der Waals surface area contributed by atoms with E-state index in [1.165, 1.54) is 6.92 Å². The molecular weight excluding hydrogens is 363 g/mol. The Morgan fingerprint density at radius 1 is 1.38 bits per heavy atom. The first-order chi connectivity index (χ1) is 11.1. The standard InChI is InChI=1S/C13H17FN2O6S2/c1-2-23(19,20)15-11-6-5-9(8-10(11)14)24(21,22)16-7-3-4-12(16)13(17)18/h5-6,8,12,15H,2-4,7H2,1H3,(H,17,18)/t12-/m0/s1. The van der Waals surface area contributed by atoms with E-state index in [0.717, 1.165) is 16.4 Å². The minimum absolute atomic E-state index is 0.0329. The van der Waals surface area contributed by atoms with Crippen LogP contribution in [-0.2, 0) is 24.8 Å². The first kappa shape index (κ1) is 18.6. The van der Waals surface area contributed by atoms with E-state index in [9.17, 15) is 26.0 Å². The lowest BCUT2D eigenvalue weighted by atomic mass is 10.2. The van der Waals surface area contributed by atoms with Crippen molar-refractivity contribution < 1.29 is 31.1 Å². The molecule has 2 rings (SSSR count). The molecule has 0 bridgehead atoms. The highest BCUT2D eigenvalue weighted by atomic mass is 32.2. The minimum Gasteiger partial charge on any atom is -0.480 e. The molecule has 2 N–H and O–H groups in total. The highest BCUT2D eigenvalue weighted by molar-refractivity contribution is 7.92. The van der Waals surface area contributed by atoms with E-state index in [4.69, 9.17) is 5.11 Å². The molecule has 0 unspecified atom stereocenters. The van der Waals surface area contributed by atoms with Crippen LogP contribution in [0, 0.1) is 5.82 Å². The zero-order chi connectivity index (χ0) is 18.1. The van der Waals surface area contributed by atoms with Crippen molar-refractivity contribution in [1.29, 1.82) is 0 Å². The smallest absolute Gasteiger partial charge is 0.322 e. The number of aliphatic carboxylic acids is 1. The molecule has 0 aromatic heterocycles. The molecule has 0 spiro atoms. The van der Waals surface area contributed by atoms with Gasteiger partial charge < -0.3 is 5.11 Å². The fraction of sp³-hybridized carbons (Fsp3) is 0.462. The predicted octanol–water partition coefficient (Wildman–Crippen LogP) is 0.825. The van der Waals surface area contributed by atoms with Crippen molar-refractivity contribution >= 4 is 31.7 Å². The summed E-state index contributed by atoms with van der Waals surface area (Å²) in [5.74, 6) is -2.58. The highest BCUT2D eigenvalue weighted by Gasteiger charge is 2.39. The minimum atomic E-state index is -4.19. The van der Waals surface area contributed by atoms with Gasteiger partial charge >= 0.3 is 5.97 Å². The van der Waals surface area contributed by atoms with Crippen molar-refractivity contribution in [3.63, 3.8) is 0 Å². The van der Waals surface area contributed by atoms with Gasteiger partial charge in [-0.15, -0.1) is 0 Å². The monoisotopic (exact) mass is 380 g/mol. The maximum Gasteiger partial charge on any atom is 0.322 e. The molecule has 1 aliphatic rings. The summed E-state index contributed by atoms with van der Waals surface area (Å²) in [5, 5.41) is 9.09. The van der Waals surface area contributed by atoms with Gasteiger partial charge in [0.05, 0.1) is 16.3 Å². The lowest BCUT2D eigenvalue weighted by Gasteiger charge is -2.21. The maximum atomic E-state index is 14.1. The summed E-state index contributed by atoms with van der Waals surface area (Å²) in [6.45, 7) is 1.41. The zero-order valence-corrected chi connectivity index (χ0v) is 14.4. The van der Waals surface area contributed by atoms with E-state index in [0.29, 0.717) is 12.5 Å². The second-order valence-electron chi connectivity index (χ2n) is 5.26. The van der Waals surface area contributed by atoms with Crippen molar-refractivity contribution in [1.82, 2.24) is 4.31 Å². The van der Waals surface area contributed by atoms with E-state index < -0.39 is 42.8 Å². The Balaban J connectivity index is 2.36. The fourth-order valence-electron chi connectivity index (χ4n) is 2.39. The summed E-state index contributed by atoms with van der Waals surface area (Å²) in [5.41, 5.74) is -0.369. The predicted molar refractivity (Wildman–Crippen MR) is 84.0 cm³/mol. The molecule has 0 aliphatic carbocycles. The molecule has 8 nitrogen and oxygen atoms in total. The van der Waals surface area contributed by atoms with Gasteiger partial charge in [0.15, 0.2) is 0 Å². The van der Waals surface area contributed by atoms with Gasteiger partial charge in [0.2, 0.25) is 20.0 Å². The van der Waals surface area contributed by atoms with Crippen LogP contribution in [0.1, 0.15) is 19.8 Å². The van der Waals surface area contributed by atoms with Crippen LogP contribution in [0.3, 0.4) is 0 Å². The average molecular weight is 380 g/mol. The molecular formula is C13H17FN2O6S2. The summed E-state index contributed by atoms with van der Waals surface area (Å²) in [4.78, 5) is 10.7. The van der Waals surface area contributed by atoms with E-state index in [-0.39, 0.29) is 24.4 Å². The second kappa shape index (κ2) is 6.65. The normalized spacial score (nSPS) is 19.3. The van der Waals surface area contributed by atoms with Gasteiger partial charge in [-0.3, -0.25) is 9.52 Å². The van der Waals surface area contributed by atoms with Crippen LogP contribution in [0.4, 0.5) is 10.1 Å². The molecule has 0 saturated carbocycles. The molecule has 11 heteroatoms. The maximum absolute atomic E-state index is 14.1. The van der Waals surface area contributed by atoms with E-state index in [2.05, 4.69) is 0 Å². The summed E-state index contributed by atoms with van der Waals surface area (Å²) in [7, 11) is -7.89. The van der Waals surface area contributed by atoms with Gasteiger partial charge in [0, 0.05) is 6.54 Å². The first-order valence-corrected chi connectivity index (χ1v) is 10.2. The Hall–Kier alpha value is -1.72. The summed E-state index contributed by atoms with van der Waals surface area (Å²) < 4.78 is 64.8. The van der Waals surface area contributed by atoms with Crippen molar-refractivity contribution in [2.75, 3.05) is 17.0 Å². The van der Waals surface area contributed by atoms with E-state index in [1.54, 1.807) is 0 Å². The summed E-state index contributed by atoms with van der Waals surface area (Å²) >= 11 is 0. The summed E-state index contributed by atoms with van der Waals surface area (Å²) in [6.07, 6.45) is 0.582. The molecule has 1 atom stereocenters. The number of benzene rings is 1. The molecule has 1 heterocycles. The Morgan fingerprint density at radius 3 is 2.58 bits per heavy atom. The van der Waals surface area contributed by atoms with E-state index in [1.807, 2.05) is 4.72 Å². The number of carbonyl (C=O) groups is 1. The Bertz CT molecular complexity index is 853. The van der Waals surface area contributed by atoms with Crippen LogP contribution in [-0.4, -0.2) is 50.6 Å². The lowest BCUT2D eigenvalue weighted by Crippen LogP contribution is -2.40. The van der Waals surface area contributed by atoms with Gasteiger partial charge in [-0.25, -0.2) is 21.2 Å². The zero-order valence-electron chi connectivity index (χ0n) is 12.8. The number of carboxylic acid groups (broad SMARTS) is 1. The third kappa shape index (κ3) is 3.68. The van der Waals surface area contributed by atoms with Crippen LogP contribution in [0.5, 0.6) is 0 Å². The molecule has 0 radical (unpaired) electrons. The van der Waals surface area contributed by atoms with Crippen molar-refractivity contribution in [2.24, 2.45) is 0 Å². The largest absolute Gasteiger partial charge is 0.480 e. The third-order valence-electron chi connectivity index (χ3n) is 3.68. The topological polar surface area (TPSA) is 121 Å². The number of hydrogen-bond donors (Lipinski definition) is 2. The number of rotatable bonds is 6. The molecule has 134 valence electrons. The SMILES string of the molecule is CCS(=O)(=O)Nc1ccc(S(=O)(=O)N2CCC[C@H]2C(=O)O)cc1F. The van der Waals surface area contributed by atoms with Crippen molar-refractivity contribution in [3.8, 4) is 0 Å². The van der Waals surface area contributed by atoms with Gasteiger partial charge in [0.1, 0.15) is 11.9 Å². The first-order valence-electron chi connectivity index (χ1n) is 7.13.